The second-order valence-electron chi connectivity index (χ2n) is 3.72. The molecule has 19 heavy (non-hydrogen) atoms. The van der Waals surface area contributed by atoms with Crippen molar-refractivity contribution in [2.45, 2.75) is 0 Å². The lowest BCUT2D eigenvalue weighted by atomic mass is 10.2. The smallest absolute Gasteiger partial charge is 0.339 e. The Labute approximate surface area is 118 Å². The summed E-state index contributed by atoms with van der Waals surface area (Å²) < 4.78 is 11.6. The van der Waals surface area contributed by atoms with Crippen LogP contribution in [0.5, 0.6) is 17.2 Å². The van der Waals surface area contributed by atoms with Crippen LogP contribution in [-0.2, 0) is 0 Å². The first-order valence-electron chi connectivity index (χ1n) is 5.45. The van der Waals surface area contributed by atoms with E-state index in [1.54, 1.807) is 24.3 Å². The number of benzene rings is 2. The standard InChI is InChI=1S/C14H11BrO4/c1-18-11-6-7-12(14(16)17)13(8-11)19-10-4-2-9(15)3-5-10/h2-8H,1H3,(H,16,17). The van der Waals surface area contributed by atoms with E-state index in [1.165, 1.54) is 13.2 Å². The monoisotopic (exact) mass is 322 g/mol. The van der Waals surface area contributed by atoms with Gasteiger partial charge >= 0.3 is 5.97 Å². The van der Waals surface area contributed by atoms with Crippen molar-refractivity contribution in [1.82, 2.24) is 0 Å². The fraction of sp³-hybridized carbons (Fsp3) is 0.0714. The minimum absolute atomic E-state index is 0.0868. The summed E-state index contributed by atoms with van der Waals surface area (Å²) in [5.41, 5.74) is 0.0868. The van der Waals surface area contributed by atoms with Crippen LogP contribution >= 0.6 is 15.9 Å². The molecule has 5 heteroatoms. The summed E-state index contributed by atoms with van der Waals surface area (Å²) in [6.07, 6.45) is 0. The van der Waals surface area contributed by atoms with E-state index in [0.717, 1.165) is 4.47 Å². The van der Waals surface area contributed by atoms with Crippen molar-refractivity contribution in [1.29, 1.82) is 0 Å². The second kappa shape index (κ2) is 5.75. The van der Waals surface area contributed by atoms with E-state index in [-0.39, 0.29) is 11.3 Å². The van der Waals surface area contributed by atoms with Gasteiger partial charge in [-0.25, -0.2) is 4.79 Å². The van der Waals surface area contributed by atoms with Gasteiger partial charge in [-0.3, -0.25) is 0 Å². The lowest BCUT2D eigenvalue weighted by molar-refractivity contribution is 0.0694. The molecule has 2 aromatic carbocycles. The molecule has 0 aromatic heterocycles. The molecule has 0 aliphatic rings. The Hall–Kier alpha value is -2.01. The predicted octanol–water partition coefficient (Wildman–Crippen LogP) is 3.95. The van der Waals surface area contributed by atoms with Crippen LogP contribution in [-0.4, -0.2) is 18.2 Å². The molecule has 0 atom stereocenters. The minimum atomic E-state index is -1.05. The maximum Gasteiger partial charge on any atom is 0.339 e. The van der Waals surface area contributed by atoms with Crippen molar-refractivity contribution in [2.24, 2.45) is 0 Å². The summed E-state index contributed by atoms with van der Waals surface area (Å²) in [6, 6.07) is 11.7. The first-order chi connectivity index (χ1) is 9.10. The van der Waals surface area contributed by atoms with Crippen LogP contribution in [0.3, 0.4) is 0 Å². The number of hydrogen-bond acceptors (Lipinski definition) is 3. The zero-order valence-electron chi connectivity index (χ0n) is 10.1. The molecule has 0 aliphatic heterocycles. The van der Waals surface area contributed by atoms with Gasteiger partial charge in [-0.1, -0.05) is 15.9 Å². The van der Waals surface area contributed by atoms with E-state index in [2.05, 4.69) is 15.9 Å². The van der Waals surface area contributed by atoms with Crippen LogP contribution in [0.2, 0.25) is 0 Å². The number of halogens is 1. The fourth-order valence-electron chi connectivity index (χ4n) is 1.52. The molecule has 0 aliphatic carbocycles. The van der Waals surface area contributed by atoms with E-state index >= 15 is 0 Å². The first kappa shape index (κ1) is 13.4. The van der Waals surface area contributed by atoms with Crippen LogP contribution in [0.15, 0.2) is 46.9 Å². The molecule has 0 fully saturated rings. The van der Waals surface area contributed by atoms with Crippen molar-refractivity contribution in [3.63, 3.8) is 0 Å². The number of carboxylic acids is 1. The number of methoxy groups -OCH3 is 1. The van der Waals surface area contributed by atoms with Gasteiger partial charge in [0.15, 0.2) is 0 Å². The van der Waals surface area contributed by atoms with Gasteiger partial charge in [-0.2, -0.15) is 0 Å². The Morgan fingerprint density at radius 1 is 1.11 bits per heavy atom. The van der Waals surface area contributed by atoms with Gasteiger partial charge in [-0.05, 0) is 36.4 Å². The van der Waals surface area contributed by atoms with E-state index in [4.69, 9.17) is 14.6 Å². The van der Waals surface area contributed by atoms with Gasteiger partial charge in [0.2, 0.25) is 0 Å². The zero-order valence-corrected chi connectivity index (χ0v) is 11.7. The molecule has 4 nitrogen and oxygen atoms in total. The Bertz CT molecular complexity index is 593. The molecule has 0 bridgehead atoms. The van der Waals surface area contributed by atoms with Crippen molar-refractivity contribution in [3.05, 3.63) is 52.5 Å². The lowest BCUT2D eigenvalue weighted by Gasteiger charge is -2.10. The van der Waals surface area contributed by atoms with Crippen molar-refractivity contribution < 1.29 is 19.4 Å². The van der Waals surface area contributed by atoms with Gasteiger partial charge in [0.25, 0.3) is 0 Å². The molecule has 0 saturated carbocycles. The highest BCUT2D eigenvalue weighted by Crippen LogP contribution is 2.30. The highest BCUT2D eigenvalue weighted by molar-refractivity contribution is 9.10. The largest absolute Gasteiger partial charge is 0.497 e. The average molecular weight is 323 g/mol. The number of hydrogen-bond donors (Lipinski definition) is 1. The topological polar surface area (TPSA) is 55.8 Å². The summed E-state index contributed by atoms with van der Waals surface area (Å²) in [5, 5.41) is 9.12. The molecule has 0 heterocycles. The molecule has 0 amide bonds. The maximum atomic E-state index is 11.1. The molecule has 0 radical (unpaired) electrons. The molecule has 0 spiro atoms. The Balaban J connectivity index is 2.36. The third-order valence-corrected chi connectivity index (χ3v) is 2.99. The van der Waals surface area contributed by atoms with Gasteiger partial charge in [0, 0.05) is 10.5 Å². The quantitative estimate of drug-likeness (QED) is 0.926. The summed E-state index contributed by atoms with van der Waals surface area (Å²) in [6.45, 7) is 0. The average Bonchev–Trinajstić information content (AvgIpc) is 2.41. The van der Waals surface area contributed by atoms with Crippen molar-refractivity contribution in [2.75, 3.05) is 7.11 Å². The second-order valence-corrected chi connectivity index (χ2v) is 4.64. The molecule has 1 N–H and O–H groups in total. The van der Waals surface area contributed by atoms with Gasteiger partial charge in [0.05, 0.1) is 7.11 Å². The van der Waals surface area contributed by atoms with Gasteiger partial charge in [-0.15, -0.1) is 0 Å². The van der Waals surface area contributed by atoms with Crippen molar-refractivity contribution in [3.8, 4) is 17.2 Å². The number of ether oxygens (including phenoxy) is 2. The molecular formula is C14H11BrO4. The molecule has 0 saturated heterocycles. The number of rotatable bonds is 4. The molecule has 0 unspecified atom stereocenters. The lowest BCUT2D eigenvalue weighted by Crippen LogP contribution is -2.00. The maximum absolute atomic E-state index is 11.1. The highest BCUT2D eigenvalue weighted by Gasteiger charge is 2.13. The Morgan fingerprint density at radius 2 is 1.74 bits per heavy atom. The molecule has 98 valence electrons. The fourth-order valence-corrected chi connectivity index (χ4v) is 1.78. The number of carbonyl (C=O) groups is 1. The predicted molar refractivity (Wildman–Crippen MR) is 74.2 cm³/mol. The van der Waals surface area contributed by atoms with Crippen LogP contribution in [0.25, 0.3) is 0 Å². The molecule has 2 rings (SSSR count). The zero-order chi connectivity index (χ0) is 13.8. The van der Waals surface area contributed by atoms with Crippen LogP contribution in [0.4, 0.5) is 0 Å². The third-order valence-electron chi connectivity index (χ3n) is 2.46. The van der Waals surface area contributed by atoms with E-state index < -0.39 is 5.97 Å². The Morgan fingerprint density at radius 3 is 2.32 bits per heavy atom. The summed E-state index contributed by atoms with van der Waals surface area (Å²) in [4.78, 5) is 11.1. The molecule has 2 aromatic rings. The SMILES string of the molecule is COc1ccc(C(=O)O)c(Oc2ccc(Br)cc2)c1. The van der Waals surface area contributed by atoms with E-state index in [1.807, 2.05) is 12.1 Å². The van der Waals surface area contributed by atoms with E-state index in [0.29, 0.717) is 11.5 Å². The van der Waals surface area contributed by atoms with Crippen LogP contribution < -0.4 is 9.47 Å². The third kappa shape index (κ3) is 3.26. The summed E-state index contributed by atoms with van der Waals surface area (Å²) in [5.74, 6) is 0.292. The number of aromatic carboxylic acids is 1. The van der Waals surface area contributed by atoms with Crippen LogP contribution in [0.1, 0.15) is 10.4 Å². The van der Waals surface area contributed by atoms with Crippen molar-refractivity contribution >= 4 is 21.9 Å². The Kier molecular flexibility index (Phi) is 4.06. The highest BCUT2D eigenvalue weighted by atomic mass is 79.9. The van der Waals surface area contributed by atoms with E-state index in [9.17, 15) is 4.79 Å². The normalized spacial score (nSPS) is 10.0. The van der Waals surface area contributed by atoms with Gasteiger partial charge in [0.1, 0.15) is 22.8 Å². The number of carboxylic acid groups (broad SMARTS) is 1. The minimum Gasteiger partial charge on any atom is -0.497 e. The van der Waals surface area contributed by atoms with Crippen LogP contribution in [0, 0.1) is 0 Å². The molecular weight excluding hydrogens is 312 g/mol. The first-order valence-corrected chi connectivity index (χ1v) is 6.24. The summed E-state index contributed by atoms with van der Waals surface area (Å²) in [7, 11) is 1.51. The van der Waals surface area contributed by atoms with Gasteiger partial charge < -0.3 is 14.6 Å². The summed E-state index contributed by atoms with van der Waals surface area (Å²) >= 11 is 3.32.